The van der Waals surface area contributed by atoms with Gasteiger partial charge in [-0.05, 0) is 25.5 Å². The van der Waals surface area contributed by atoms with Gasteiger partial charge >= 0.3 is 0 Å². The third kappa shape index (κ3) is 3.95. The average molecular weight is 295 g/mol. The number of rotatable bonds is 3. The van der Waals surface area contributed by atoms with Gasteiger partial charge in [0.2, 0.25) is 10.0 Å². The minimum atomic E-state index is -3.48. The van der Waals surface area contributed by atoms with Crippen LogP contribution in [0.2, 0.25) is 0 Å². The van der Waals surface area contributed by atoms with Gasteiger partial charge in [0, 0.05) is 18.6 Å². The molecule has 0 bridgehead atoms. The van der Waals surface area contributed by atoms with Gasteiger partial charge in [0.1, 0.15) is 0 Å². The molecule has 0 radical (unpaired) electrons. The number of sulfonamides is 1. The fourth-order valence-electron chi connectivity index (χ4n) is 2.14. The van der Waals surface area contributed by atoms with Crippen molar-refractivity contribution in [2.45, 2.75) is 44.2 Å². The van der Waals surface area contributed by atoms with Gasteiger partial charge in [-0.25, -0.2) is 13.1 Å². The van der Waals surface area contributed by atoms with Crippen molar-refractivity contribution in [3.63, 3.8) is 0 Å². The molecule has 110 valence electrons. The van der Waals surface area contributed by atoms with E-state index < -0.39 is 10.0 Å². The molecule has 0 aliphatic carbocycles. The fourth-order valence-corrected chi connectivity index (χ4v) is 3.40. The van der Waals surface area contributed by atoms with Crippen molar-refractivity contribution in [1.82, 2.24) is 9.62 Å². The smallest absolute Gasteiger partial charge is 0.240 e. The first-order chi connectivity index (χ1) is 9.53. The summed E-state index contributed by atoms with van der Waals surface area (Å²) >= 11 is 0. The molecular formula is C14H21N3O2S. The van der Waals surface area contributed by atoms with Crippen molar-refractivity contribution < 1.29 is 8.42 Å². The molecule has 1 fully saturated rings. The van der Waals surface area contributed by atoms with Crippen LogP contribution in [0.5, 0.6) is 0 Å². The van der Waals surface area contributed by atoms with Crippen molar-refractivity contribution in [2.24, 2.45) is 0 Å². The van der Waals surface area contributed by atoms with Crippen LogP contribution in [0.25, 0.3) is 0 Å². The molecule has 1 heterocycles. The lowest BCUT2D eigenvalue weighted by Crippen LogP contribution is -2.36. The van der Waals surface area contributed by atoms with E-state index in [0.717, 1.165) is 0 Å². The number of nitrogens with one attached hydrogen (secondary N) is 1. The lowest BCUT2D eigenvalue weighted by molar-refractivity contribution is 0.386. The molecule has 6 heteroatoms. The van der Waals surface area contributed by atoms with Crippen LogP contribution in [0.15, 0.2) is 35.2 Å². The van der Waals surface area contributed by atoms with E-state index in [-0.39, 0.29) is 17.0 Å². The Morgan fingerprint density at radius 3 is 2.40 bits per heavy atom. The van der Waals surface area contributed by atoms with Crippen LogP contribution >= 0.6 is 0 Å². The molecule has 2 rings (SSSR count). The van der Waals surface area contributed by atoms with Crippen molar-refractivity contribution in [2.75, 3.05) is 6.54 Å². The highest BCUT2D eigenvalue weighted by Gasteiger charge is 2.31. The molecule has 1 aromatic rings. The maximum atomic E-state index is 12.1. The standard InChI is InChI=1S/C12H15N3O2S.C2H6/c1-10-7-11(8-15(10)9-13)14-18(16,17)12-5-3-2-4-6-12;1-2/h2-6,10-11,14H,7-8H2,1H3;1-2H3/t10-,11+;/m0./s1. The molecular weight excluding hydrogens is 274 g/mol. The molecule has 1 aromatic carbocycles. The molecule has 0 unspecified atom stereocenters. The number of hydrogen-bond acceptors (Lipinski definition) is 4. The van der Waals surface area contributed by atoms with Gasteiger partial charge in [0.25, 0.3) is 0 Å². The van der Waals surface area contributed by atoms with Gasteiger partial charge < -0.3 is 4.90 Å². The molecule has 0 aromatic heterocycles. The summed E-state index contributed by atoms with van der Waals surface area (Å²) in [6.07, 6.45) is 2.72. The van der Waals surface area contributed by atoms with E-state index in [0.29, 0.717) is 13.0 Å². The molecule has 1 N–H and O–H groups in total. The topological polar surface area (TPSA) is 73.2 Å². The minimum Gasteiger partial charge on any atom is -0.306 e. The number of nitriles is 1. The van der Waals surface area contributed by atoms with Crippen LogP contribution in [-0.4, -0.2) is 31.9 Å². The van der Waals surface area contributed by atoms with E-state index in [1.807, 2.05) is 20.8 Å². The Bertz CT molecular complexity index is 552. The maximum absolute atomic E-state index is 12.1. The Morgan fingerprint density at radius 1 is 1.30 bits per heavy atom. The first-order valence-corrected chi connectivity index (χ1v) is 8.25. The van der Waals surface area contributed by atoms with Crippen LogP contribution in [0.3, 0.4) is 0 Å². The summed E-state index contributed by atoms with van der Waals surface area (Å²) in [5.41, 5.74) is 0. The van der Waals surface area contributed by atoms with E-state index in [1.165, 1.54) is 0 Å². The first-order valence-electron chi connectivity index (χ1n) is 6.76. The molecule has 0 amide bonds. The number of likely N-dealkylation sites (tertiary alicyclic amines) is 1. The van der Waals surface area contributed by atoms with Crippen molar-refractivity contribution >= 4 is 10.0 Å². The first kappa shape index (κ1) is 16.5. The van der Waals surface area contributed by atoms with Gasteiger partial charge in [-0.3, -0.25) is 0 Å². The summed E-state index contributed by atoms with van der Waals surface area (Å²) in [6.45, 7) is 6.35. The Morgan fingerprint density at radius 2 is 1.90 bits per heavy atom. The van der Waals surface area contributed by atoms with Gasteiger partial charge in [-0.15, -0.1) is 0 Å². The summed E-state index contributed by atoms with van der Waals surface area (Å²) in [5.74, 6) is 0. The number of nitrogens with zero attached hydrogens (tertiary/aromatic N) is 2. The monoisotopic (exact) mass is 295 g/mol. The quantitative estimate of drug-likeness (QED) is 0.865. The Hall–Kier alpha value is -1.58. The molecule has 5 nitrogen and oxygen atoms in total. The maximum Gasteiger partial charge on any atom is 0.240 e. The summed E-state index contributed by atoms with van der Waals surface area (Å²) in [5, 5.41) is 8.87. The normalized spacial score (nSPS) is 21.8. The molecule has 0 saturated carbocycles. The third-order valence-electron chi connectivity index (χ3n) is 3.08. The Kier molecular flexibility index (Phi) is 5.99. The van der Waals surface area contributed by atoms with Crippen molar-refractivity contribution in [1.29, 1.82) is 5.26 Å². The highest BCUT2D eigenvalue weighted by Crippen LogP contribution is 2.18. The molecule has 1 aliphatic rings. The van der Waals surface area contributed by atoms with E-state index >= 15 is 0 Å². The second kappa shape index (κ2) is 7.27. The molecule has 0 spiro atoms. The minimum absolute atomic E-state index is 0.0819. The largest absolute Gasteiger partial charge is 0.306 e. The highest BCUT2D eigenvalue weighted by atomic mass is 32.2. The Balaban J connectivity index is 0.000000956. The summed E-state index contributed by atoms with van der Waals surface area (Å²) < 4.78 is 26.8. The highest BCUT2D eigenvalue weighted by molar-refractivity contribution is 7.89. The SMILES string of the molecule is CC.C[C@H]1C[C@@H](NS(=O)(=O)c2ccccc2)CN1C#N. The van der Waals surface area contributed by atoms with Gasteiger partial charge in [-0.1, -0.05) is 32.0 Å². The fraction of sp³-hybridized carbons (Fsp3) is 0.500. The Labute approximate surface area is 121 Å². The molecule has 1 aliphatic heterocycles. The van der Waals surface area contributed by atoms with Crippen LogP contribution in [-0.2, 0) is 10.0 Å². The number of hydrogen-bond donors (Lipinski definition) is 1. The van der Waals surface area contributed by atoms with Crippen LogP contribution in [0.1, 0.15) is 27.2 Å². The zero-order valence-electron chi connectivity index (χ0n) is 12.1. The predicted molar refractivity (Wildman–Crippen MR) is 78.3 cm³/mol. The summed E-state index contributed by atoms with van der Waals surface area (Å²) in [6, 6.07) is 8.14. The lowest BCUT2D eigenvalue weighted by atomic mass is 10.2. The van der Waals surface area contributed by atoms with E-state index in [4.69, 9.17) is 5.26 Å². The lowest BCUT2D eigenvalue weighted by Gasteiger charge is -2.12. The second-order valence-electron chi connectivity index (χ2n) is 4.47. The predicted octanol–water partition coefficient (Wildman–Crippen LogP) is 1.93. The zero-order chi connectivity index (χ0) is 15.2. The summed E-state index contributed by atoms with van der Waals surface area (Å²) in [4.78, 5) is 1.85. The van der Waals surface area contributed by atoms with Gasteiger partial charge in [-0.2, -0.15) is 5.26 Å². The third-order valence-corrected chi connectivity index (χ3v) is 4.61. The van der Waals surface area contributed by atoms with Gasteiger partial charge in [0.15, 0.2) is 6.19 Å². The van der Waals surface area contributed by atoms with E-state index in [2.05, 4.69) is 10.9 Å². The second-order valence-corrected chi connectivity index (χ2v) is 6.18. The average Bonchev–Trinajstić information content (AvgIpc) is 2.81. The van der Waals surface area contributed by atoms with E-state index in [9.17, 15) is 8.42 Å². The molecule has 20 heavy (non-hydrogen) atoms. The van der Waals surface area contributed by atoms with Crippen molar-refractivity contribution in [3.8, 4) is 6.19 Å². The van der Waals surface area contributed by atoms with Crippen LogP contribution in [0.4, 0.5) is 0 Å². The van der Waals surface area contributed by atoms with Crippen LogP contribution in [0, 0.1) is 11.5 Å². The van der Waals surface area contributed by atoms with Crippen molar-refractivity contribution in [3.05, 3.63) is 30.3 Å². The van der Waals surface area contributed by atoms with E-state index in [1.54, 1.807) is 35.2 Å². The zero-order valence-corrected chi connectivity index (χ0v) is 12.9. The molecule has 1 saturated heterocycles. The number of benzene rings is 1. The van der Waals surface area contributed by atoms with Crippen LogP contribution < -0.4 is 4.72 Å². The van der Waals surface area contributed by atoms with Gasteiger partial charge in [0.05, 0.1) is 4.90 Å². The summed E-state index contributed by atoms with van der Waals surface area (Å²) in [7, 11) is -3.48. The molecule has 2 atom stereocenters.